The molecule has 0 aromatic rings. The van der Waals surface area contributed by atoms with Gasteiger partial charge in [-0.1, -0.05) is 44.9 Å². The summed E-state index contributed by atoms with van der Waals surface area (Å²) < 4.78 is 5.12. The van der Waals surface area contributed by atoms with Gasteiger partial charge in [0.25, 0.3) is 0 Å². The largest absolute Gasteiger partial charge is 0.461 e. The predicted molar refractivity (Wildman–Crippen MR) is 101 cm³/mol. The Morgan fingerprint density at radius 1 is 1.27 bits per heavy atom. The third-order valence-electron chi connectivity index (χ3n) is 7.38. The Morgan fingerprint density at radius 2 is 1.96 bits per heavy atom. The molecular formula is C22H34O4. The van der Waals surface area contributed by atoms with Crippen LogP contribution in [-0.4, -0.2) is 35.0 Å². The van der Waals surface area contributed by atoms with E-state index in [1.165, 1.54) is 24.5 Å². The summed E-state index contributed by atoms with van der Waals surface area (Å²) in [6, 6.07) is 0. The summed E-state index contributed by atoms with van der Waals surface area (Å²) >= 11 is 0. The van der Waals surface area contributed by atoms with Gasteiger partial charge in [0, 0.05) is 12.3 Å². The summed E-state index contributed by atoms with van der Waals surface area (Å²) in [5.74, 6) is 0.297. The molecule has 4 heteroatoms. The second kappa shape index (κ2) is 6.79. The smallest absolute Gasteiger partial charge is 0.302 e. The minimum atomic E-state index is -0.681. The molecule has 3 aliphatic carbocycles. The zero-order chi connectivity index (χ0) is 19.3. The molecule has 4 nitrogen and oxygen atoms in total. The van der Waals surface area contributed by atoms with E-state index in [0.717, 1.165) is 19.3 Å². The number of rotatable bonds is 3. The molecule has 0 saturated heterocycles. The molecule has 0 aromatic heterocycles. The molecule has 3 aliphatic rings. The van der Waals surface area contributed by atoms with Crippen molar-refractivity contribution in [3.05, 3.63) is 22.8 Å². The Hall–Kier alpha value is -1.13. The van der Waals surface area contributed by atoms with Gasteiger partial charge in [-0.25, -0.2) is 0 Å². The van der Waals surface area contributed by atoms with E-state index < -0.39 is 12.2 Å². The van der Waals surface area contributed by atoms with Crippen molar-refractivity contribution in [3.63, 3.8) is 0 Å². The molecule has 0 amide bonds. The number of allylic oxidation sites excluding steroid dienone is 2. The average Bonchev–Trinajstić information content (AvgIpc) is 2.87. The van der Waals surface area contributed by atoms with E-state index in [1.807, 2.05) is 0 Å². The summed E-state index contributed by atoms with van der Waals surface area (Å²) in [5.41, 5.74) is 3.59. The Bertz CT molecular complexity index is 647. The van der Waals surface area contributed by atoms with E-state index in [4.69, 9.17) is 4.74 Å². The highest BCUT2D eigenvalue weighted by Gasteiger charge is 2.55. The fraction of sp³-hybridized carbons (Fsp3) is 0.773. The van der Waals surface area contributed by atoms with Crippen molar-refractivity contribution in [2.75, 3.05) is 6.61 Å². The van der Waals surface area contributed by atoms with Crippen LogP contribution in [-0.2, 0) is 9.53 Å². The lowest BCUT2D eigenvalue weighted by Gasteiger charge is -2.51. The Labute approximate surface area is 157 Å². The second-order valence-corrected chi connectivity index (χ2v) is 9.43. The molecule has 146 valence electrons. The van der Waals surface area contributed by atoms with E-state index in [-0.39, 0.29) is 29.3 Å². The fourth-order valence-corrected chi connectivity index (χ4v) is 5.57. The maximum absolute atomic E-state index is 11.2. The average molecular weight is 363 g/mol. The van der Waals surface area contributed by atoms with Crippen molar-refractivity contribution < 1.29 is 19.7 Å². The summed E-state index contributed by atoms with van der Waals surface area (Å²) in [4.78, 5) is 11.2. The van der Waals surface area contributed by atoms with E-state index in [9.17, 15) is 15.0 Å². The maximum atomic E-state index is 11.2. The van der Waals surface area contributed by atoms with Crippen molar-refractivity contribution in [3.8, 4) is 0 Å². The molecule has 1 fully saturated rings. The minimum absolute atomic E-state index is 0.0592. The minimum Gasteiger partial charge on any atom is -0.461 e. The van der Waals surface area contributed by atoms with Crippen LogP contribution in [0.5, 0.6) is 0 Å². The first-order valence-corrected chi connectivity index (χ1v) is 10.0. The first-order valence-electron chi connectivity index (χ1n) is 10.0. The highest BCUT2D eigenvalue weighted by atomic mass is 16.5. The zero-order valence-corrected chi connectivity index (χ0v) is 16.8. The van der Waals surface area contributed by atoms with E-state index >= 15 is 0 Å². The Kier molecular flexibility index (Phi) is 5.13. The molecule has 0 spiro atoms. The monoisotopic (exact) mass is 362 g/mol. The molecule has 0 aliphatic heterocycles. The number of aliphatic hydroxyl groups excluding tert-OH is 2. The van der Waals surface area contributed by atoms with E-state index in [0.29, 0.717) is 17.9 Å². The Balaban J connectivity index is 2.01. The number of ether oxygens (including phenoxy) is 1. The third-order valence-corrected chi connectivity index (χ3v) is 7.38. The molecule has 0 bridgehead atoms. The van der Waals surface area contributed by atoms with Gasteiger partial charge in [0.1, 0.15) is 6.61 Å². The number of hydrogen-bond acceptors (Lipinski definition) is 4. The van der Waals surface area contributed by atoms with Gasteiger partial charge in [-0.15, -0.1) is 0 Å². The van der Waals surface area contributed by atoms with E-state index in [1.54, 1.807) is 6.08 Å². The predicted octanol–water partition coefficient (Wildman–Crippen LogP) is 3.77. The molecular weight excluding hydrogens is 328 g/mol. The van der Waals surface area contributed by atoms with Gasteiger partial charge in [-0.3, -0.25) is 4.79 Å². The van der Waals surface area contributed by atoms with Gasteiger partial charge in [0.05, 0.1) is 12.2 Å². The van der Waals surface area contributed by atoms with Crippen molar-refractivity contribution in [1.29, 1.82) is 0 Å². The van der Waals surface area contributed by atoms with Gasteiger partial charge < -0.3 is 14.9 Å². The van der Waals surface area contributed by atoms with Crippen LogP contribution in [0.4, 0.5) is 0 Å². The number of carbonyl (C=O) groups excluding carboxylic acids is 1. The molecule has 0 heterocycles. The molecule has 0 radical (unpaired) electrons. The first-order chi connectivity index (χ1) is 12.1. The SMILES string of the molecule is CC(=O)OCC1=C[C@H](O)[C@]2(C)CC[C@@]3(C)CCC(C(C)C)=C3C2C[C@H]1O. The van der Waals surface area contributed by atoms with Crippen LogP contribution in [0.15, 0.2) is 22.8 Å². The van der Waals surface area contributed by atoms with Crippen LogP contribution >= 0.6 is 0 Å². The lowest BCUT2D eigenvalue weighted by Crippen LogP contribution is -2.46. The molecule has 26 heavy (non-hydrogen) atoms. The lowest BCUT2D eigenvalue weighted by atomic mass is 9.54. The summed E-state index contributed by atoms with van der Waals surface area (Å²) in [6.07, 6.45) is 5.39. The van der Waals surface area contributed by atoms with Crippen LogP contribution in [0.1, 0.15) is 66.7 Å². The van der Waals surface area contributed by atoms with Crippen molar-refractivity contribution in [2.45, 2.75) is 78.9 Å². The zero-order valence-electron chi connectivity index (χ0n) is 16.8. The number of esters is 1. The maximum Gasteiger partial charge on any atom is 0.302 e. The lowest BCUT2D eigenvalue weighted by molar-refractivity contribution is -0.140. The summed E-state index contributed by atoms with van der Waals surface area (Å²) in [6.45, 7) is 10.5. The normalized spacial score (nSPS) is 40.0. The van der Waals surface area contributed by atoms with Crippen molar-refractivity contribution >= 4 is 5.97 Å². The third kappa shape index (κ3) is 3.16. The van der Waals surface area contributed by atoms with Crippen LogP contribution in [0.25, 0.3) is 0 Å². The quantitative estimate of drug-likeness (QED) is 0.592. The van der Waals surface area contributed by atoms with Crippen LogP contribution < -0.4 is 0 Å². The molecule has 1 saturated carbocycles. The standard InChI is InChI=1S/C22H34O4/c1-13(2)16-6-7-21(4)8-9-22(5)17(20(16)21)11-18(24)15(10-19(22)25)12-26-14(3)23/h10,13,17-19,24-25H,6-9,11-12H2,1-5H3/t17?,18-,19+,21-,22-/m1/s1. The van der Waals surface area contributed by atoms with Crippen LogP contribution in [0, 0.1) is 22.7 Å². The molecule has 3 rings (SSSR count). The summed E-state index contributed by atoms with van der Waals surface area (Å²) in [5, 5.41) is 21.9. The first kappa shape index (κ1) is 19.6. The highest BCUT2D eigenvalue weighted by molar-refractivity contribution is 5.66. The topological polar surface area (TPSA) is 66.8 Å². The van der Waals surface area contributed by atoms with Gasteiger partial charge in [-0.2, -0.15) is 0 Å². The second-order valence-electron chi connectivity index (χ2n) is 9.43. The summed E-state index contributed by atoms with van der Waals surface area (Å²) in [7, 11) is 0. The van der Waals surface area contributed by atoms with Crippen molar-refractivity contribution in [2.24, 2.45) is 22.7 Å². The fourth-order valence-electron chi connectivity index (χ4n) is 5.57. The van der Waals surface area contributed by atoms with Gasteiger partial charge in [0.2, 0.25) is 0 Å². The number of carbonyl (C=O) groups is 1. The highest BCUT2D eigenvalue weighted by Crippen LogP contribution is 2.63. The Morgan fingerprint density at radius 3 is 2.58 bits per heavy atom. The van der Waals surface area contributed by atoms with E-state index in [2.05, 4.69) is 27.7 Å². The molecule has 5 atom stereocenters. The number of aliphatic hydroxyl groups is 2. The molecule has 2 N–H and O–H groups in total. The molecule has 1 unspecified atom stereocenters. The number of fused-ring (bicyclic) bond motifs is 3. The van der Waals surface area contributed by atoms with Gasteiger partial charge in [0.15, 0.2) is 0 Å². The number of hydrogen-bond donors (Lipinski definition) is 2. The van der Waals surface area contributed by atoms with Gasteiger partial charge in [-0.05, 0) is 54.9 Å². The van der Waals surface area contributed by atoms with Gasteiger partial charge >= 0.3 is 5.97 Å². The van der Waals surface area contributed by atoms with Crippen LogP contribution in [0.2, 0.25) is 0 Å². The van der Waals surface area contributed by atoms with Crippen molar-refractivity contribution in [1.82, 2.24) is 0 Å². The molecule has 0 aromatic carbocycles. The van der Waals surface area contributed by atoms with Crippen LogP contribution in [0.3, 0.4) is 0 Å².